The third kappa shape index (κ3) is 11.1. The quantitative estimate of drug-likeness (QED) is 0.107. The molecule has 125 heavy (non-hydrogen) atoms. The maximum atomic E-state index is 8.35. The van der Waals surface area contributed by atoms with Crippen LogP contribution in [0.1, 0.15) is 0 Å². The summed E-state index contributed by atoms with van der Waals surface area (Å²) in [6.07, 6.45) is 0. The van der Waals surface area contributed by atoms with Crippen LogP contribution in [0.3, 0.4) is 0 Å². The van der Waals surface area contributed by atoms with E-state index in [1.165, 1.54) is 82.4 Å². The number of para-hydroxylation sites is 6. The highest BCUT2D eigenvalue weighted by atomic mass is 32.1. The second-order valence-corrected chi connectivity index (χ2v) is 36.0. The molecular formula is C114H71B2N5OS3. The van der Waals surface area contributed by atoms with Gasteiger partial charge in [0.1, 0.15) is 11.5 Å². The Morgan fingerprint density at radius 1 is 0.224 bits per heavy atom. The van der Waals surface area contributed by atoms with Gasteiger partial charge in [0.25, 0.3) is 13.4 Å². The molecule has 0 atom stereocenters. The first-order valence-electron chi connectivity index (χ1n) is 42.8. The zero-order valence-electron chi connectivity index (χ0n) is 67.5. The zero-order valence-corrected chi connectivity index (χ0v) is 70.0. The van der Waals surface area contributed by atoms with Crippen molar-refractivity contribution in [2.24, 2.45) is 0 Å². The summed E-state index contributed by atoms with van der Waals surface area (Å²) in [6.45, 7) is -0.677. The van der Waals surface area contributed by atoms with Crippen molar-refractivity contribution in [3.8, 4) is 56.0 Å². The average molecular weight is 1640 g/mol. The lowest BCUT2D eigenvalue weighted by molar-refractivity contribution is 0.488. The van der Waals surface area contributed by atoms with E-state index in [9.17, 15) is 0 Å². The van der Waals surface area contributed by atoms with E-state index >= 15 is 0 Å². The summed E-state index contributed by atoms with van der Waals surface area (Å²) in [5.41, 5.74) is 31.8. The highest BCUT2D eigenvalue weighted by Crippen LogP contribution is 2.58. The van der Waals surface area contributed by atoms with Crippen LogP contribution in [0.15, 0.2) is 431 Å². The van der Waals surface area contributed by atoms with Crippen LogP contribution >= 0.6 is 34.0 Å². The maximum Gasteiger partial charge on any atom is 0.256 e. The summed E-state index contributed by atoms with van der Waals surface area (Å²) in [5, 5.41) is 7.31. The topological polar surface area (TPSA) is 25.4 Å². The fourth-order valence-corrected chi connectivity index (χ4v) is 24.3. The van der Waals surface area contributed by atoms with E-state index in [1.54, 1.807) is 0 Å². The van der Waals surface area contributed by atoms with Crippen molar-refractivity contribution in [2.45, 2.75) is 0 Å². The van der Waals surface area contributed by atoms with E-state index in [0.717, 1.165) is 152 Å². The standard InChI is InChI=1S/C114H71B2N5OS3/c1-7-34-72(35-8-1)80-49-29-50-81(73-36-9-2-10-37-73)112(80)120-92-56-24-22-54-88(92)115-90-70-91-101(71-97(90)119(95-59-33-65-107-109(95)87-48-21-28-63-105(87)124-107)98-66-78(67-99(120)110(98)115)117(76-42-15-5-16-43-76)94-58-32-64-106-108(94)86-47-20-27-62-104(86)123-106)122-102-69-79(118(77-44-17-6-18-45-77)96-60-31-53-85-84-46-19-26-61-103(84)125-114(85)96)68-100-111(102)116(91)89-55-23-25-57-93(89)121(100)113-82(74-38-11-3-12-39-74)51-30-52-83(113)75-40-13-4-14-41-75/h1-71H. The van der Waals surface area contributed by atoms with Crippen LogP contribution in [0.4, 0.5) is 85.3 Å². The molecule has 11 heteroatoms. The van der Waals surface area contributed by atoms with Gasteiger partial charge in [0.2, 0.25) is 0 Å². The Kier molecular flexibility index (Phi) is 16.4. The predicted octanol–water partition coefficient (Wildman–Crippen LogP) is 28.9. The van der Waals surface area contributed by atoms with Crippen LogP contribution in [-0.2, 0) is 0 Å². The van der Waals surface area contributed by atoms with Crippen molar-refractivity contribution in [3.63, 3.8) is 0 Å². The lowest BCUT2D eigenvalue weighted by Crippen LogP contribution is -2.64. The second-order valence-electron chi connectivity index (χ2n) is 32.8. The zero-order chi connectivity index (χ0) is 81.9. The van der Waals surface area contributed by atoms with E-state index in [-0.39, 0.29) is 13.4 Å². The molecule has 582 valence electrons. The minimum atomic E-state index is -0.339. The van der Waals surface area contributed by atoms with Crippen LogP contribution in [-0.4, -0.2) is 13.4 Å². The number of ether oxygens (including phenoxy) is 1. The first-order chi connectivity index (χ1) is 62.1. The van der Waals surface area contributed by atoms with Gasteiger partial charge in [-0.1, -0.05) is 315 Å². The summed E-state index contributed by atoms with van der Waals surface area (Å²) in [7, 11) is 0. The molecule has 0 saturated heterocycles. The minimum Gasteiger partial charge on any atom is -0.458 e. The van der Waals surface area contributed by atoms with Gasteiger partial charge in [0.15, 0.2) is 0 Å². The lowest BCUT2D eigenvalue weighted by Gasteiger charge is -2.46. The molecule has 26 rings (SSSR count). The molecule has 0 aliphatic carbocycles. The maximum absolute atomic E-state index is 8.35. The van der Waals surface area contributed by atoms with Gasteiger partial charge in [-0.05, 0) is 158 Å². The molecule has 0 amide bonds. The van der Waals surface area contributed by atoms with Crippen molar-refractivity contribution in [3.05, 3.63) is 431 Å². The molecule has 0 radical (unpaired) electrons. The molecular weight excluding hydrogens is 1570 g/mol. The Balaban J connectivity index is 0.794. The average Bonchev–Trinajstić information content (AvgIpc) is 1.18. The van der Waals surface area contributed by atoms with Crippen molar-refractivity contribution in [1.82, 2.24) is 0 Å². The SMILES string of the molecule is c1ccc(-c2cccc(-c3ccccc3)c2N2c3ccccc3B3c4cc5c(cc4Oc4cc(N(c6ccccc6)c6cccc7c6sc6ccccc67)cc2c43)N(c2cccc3sc4ccccc4c23)c2cc(N(c3ccccc3)c3cccc4sc6ccccc6c34)cc3c2B5c2ccccc2N3c2c(-c3ccccc3)cccc2-c2ccccc2)cc1. The lowest BCUT2D eigenvalue weighted by atomic mass is 9.30. The number of fused-ring (bicyclic) bond motifs is 17. The number of hydrogen-bond acceptors (Lipinski definition) is 9. The Hall–Kier alpha value is -15.2. The molecule has 0 N–H and O–H groups in total. The molecule has 0 unspecified atom stereocenters. The third-order valence-electron chi connectivity index (χ3n) is 26.0. The van der Waals surface area contributed by atoms with Gasteiger partial charge in [-0.25, -0.2) is 0 Å². The Labute approximate surface area is 736 Å². The van der Waals surface area contributed by atoms with Gasteiger partial charge in [0.05, 0.1) is 44.5 Å². The van der Waals surface area contributed by atoms with E-state index in [0.29, 0.717) is 0 Å². The highest BCUT2D eigenvalue weighted by Gasteiger charge is 2.50. The molecule has 0 fully saturated rings. The van der Waals surface area contributed by atoms with Gasteiger partial charge in [0, 0.05) is 136 Å². The highest BCUT2D eigenvalue weighted by molar-refractivity contribution is 7.27. The summed E-state index contributed by atoms with van der Waals surface area (Å²) < 4.78 is 15.7. The van der Waals surface area contributed by atoms with E-state index < -0.39 is 0 Å². The van der Waals surface area contributed by atoms with Crippen LogP contribution in [0.25, 0.3) is 105 Å². The predicted molar refractivity (Wildman–Crippen MR) is 536 cm³/mol. The largest absolute Gasteiger partial charge is 0.458 e. The summed E-state index contributed by atoms with van der Waals surface area (Å²) in [6, 6.07) is 161. The van der Waals surface area contributed by atoms with Crippen LogP contribution in [0, 0.1) is 0 Å². The molecule has 22 aromatic rings. The van der Waals surface area contributed by atoms with E-state index in [1.807, 2.05) is 34.0 Å². The number of hydrogen-bond donors (Lipinski definition) is 0. The molecule has 0 saturated carbocycles. The van der Waals surface area contributed by atoms with Gasteiger partial charge < -0.3 is 29.2 Å². The molecule has 19 aromatic carbocycles. The summed E-state index contributed by atoms with van der Waals surface area (Å²) >= 11 is 5.57. The normalized spacial score (nSPS) is 12.8. The fourth-order valence-electron chi connectivity index (χ4n) is 20.9. The molecule has 0 spiro atoms. The molecule has 6 nitrogen and oxygen atoms in total. The molecule has 4 aliphatic heterocycles. The van der Waals surface area contributed by atoms with Gasteiger partial charge in [-0.2, -0.15) is 0 Å². The first kappa shape index (κ1) is 71.5. The molecule has 0 bridgehead atoms. The van der Waals surface area contributed by atoms with Crippen LogP contribution < -0.4 is 62.0 Å². The number of rotatable bonds is 13. The van der Waals surface area contributed by atoms with E-state index in [2.05, 4.69) is 455 Å². The van der Waals surface area contributed by atoms with Crippen molar-refractivity contribution < 1.29 is 4.74 Å². The minimum absolute atomic E-state index is 0.337. The molecule has 3 aromatic heterocycles. The number of benzene rings is 19. The van der Waals surface area contributed by atoms with Crippen molar-refractivity contribution >= 4 is 226 Å². The van der Waals surface area contributed by atoms with Crippen LogP contribution in [0.5, 0.6) is 11.5 Å². The van der Waals surface area contributed by atoms with E-state index in [4.69, 9.17) is 4.74 Å². The van der Waals surface area contributed by atoms with Gasteiger partial charge in [-0.15, -0.1) is 34.0 Å². The van der Waals surface area contributed by atoms with Crippen molar-refractivity contribution in [1.29, 1.82) is 0 Å². The summed E-state index contributed by atoms with van der Waals surface area (Å²) in [4.78, 5) is 13.0. The Morgan fingerprint density at radius 2 is 0.608 bits per heavy atom. The van der Waals surface area contributed by atoms with Crippen LogP contribution in [0.2, 0.25) is 0 Å². The monoisotopic (exact) mass is 1640 g/mol. The van der Waals surface area contributed by atoms with Crippen molar-refractivity contribution in [2.75, 3.05) is 24.5 Å². The Bertz CT molecular complexity index is 8030. The van der Waals surface area contributed by atoms with Gasteiger partial charge in [-0.3, -0.25) is 0 Å². The summed E-state index contributed by atoms with van der Waals surface area (Å²) in [5.74, 6) is 1.58. The number of thiophene rings is 3. The molecule has 7 heterocycles. The first-order valence-corrected chi connectivity index (χ1v) is 45.2. The fraction of sp³-hybridized carbons (Fsp3) is 0. The Morgan fingerprint density at radius 3 is 1.16 bits per heavy atom. The number of anilines is 15. The second kappa shape index (κ2) is 28.7. The third-order valence-corrected chi connectivity index (χ3v) is 29.5. The van der Waals surface area contributed by atoms with Gasteiger partial charge >= 0.3 is 0 Å². The molecule has 4 aliphatic rings. The number of nitrogens with zero attached hydrogens (tertiary/aromatic N) is 5. The smallest absolute Gasteiger partial charge is 0.256 e.